The number of carbonyl (C=O) groups is 4. The molecule has 4 heterocycles. The summed E-state index contributed by atoms with van der Waals surface area (Å²) >= 11 is 2.81. The Hall–Kier alpha value is -7.53. The van der Waals surface area contributed by atoms with Crippen LogP contribution in [0.3, 0.4) is 0 Å². The first-order chi connectivity index (χ1) is 34.1. The van der Waals surface area contributed by atoms with E-state index in [4.69, 9.17) is 27.2 Å². The minimum Gasteiger partial charge on any atom is -0.748 e. The number of hydrogen-bond acceptors (Lipinski definition) is 19. The first kappa shape index (κ1) is 53.8. The number of amides is 3. The van der Waals surface area contributed by atoms with E-state index >= 15 is 0 Å². The number of aromatic nitrogens is 2. The molecule has 28 heteroatoms. The molecule has 382 valence electrons. The number of alkyl carbamates (subject to hydrolysis) is 1. The number of non-ortho nitro benzene ring substituents is 3. The van der Waals surface area contributed by atoms with Crippen molar-refractivity contribution in [3.63, 3.8) is 0 Å². The fourth-order valence-electron chi connectivity index (χ4n) is 7.92. The molecule has 4 atom stereocenters. The van der Waals surface area contributed by atoms with Crippen molar-refractivity contribution in [2.45, 2.75) is 57.4 Å². The van der Waals surface area contributed by atoms with Crippen LogP contribution in [0.15, 0.2) is 96.0 Å². The molecule has 0 bridgehead atoms. The van der Waals surface area contributed by atoms with Gasteiger partial charge in [-0.1, -0.05) is 30.0 Å². The zero-order chi connectivity index (χ0) is 52.6. The number of nitrogens with one attached hydrogen (secondary N) is 1. The summed E-state index contributed by atoms with van der Waals surface area (Å²) in [5, 5.41) is 47.1. The van der Waals surface area contributed by atoms with Gasteiger partial charge in [-0.25, -0.2) is 27.4 Å². The van der Waals surface area contributed by atoms with Crippen molar-refractivity contribution >= 4 is 84.7 Å². The Bertz CT molecular complexity index is 3010. The average molecular weight is 1060 g/mol. The highest BCUT2D eigenvalue weighted by Gasteiger charge is 2.60. The Morgan fingerprint density at radius 3 is 1.82 bits per heavy atom. The van der Waals surface area contributed by atoms with Crippen molar-refractivity contribution in [3.8, 4) is 0 Å². The summed E-state index contributed by atoms with van der Waals surface area (Å²) < 4.78 is 47.5. The van der Waals surface area contributed by atoms with Gasteiger partial charge in [-0.05, 0) is 66.3 Å². The highest BCUT2D eigenvalue weighted by Crippen LogP contribution is 2.51. The molecule has 0 aliphatic carbocycles. The smallest absolute Gasteiger partial charge is 0.410 e. The molecular weight excluding hydrogens is 1010 g/mol. The van der Waals surface area contributed by atoms with Crippen LogP contribution in [-0.4, -0.2) is 116 Å². The van der Waals surface area contributed by atoms with E-state index < -0.39 is 67.0 Å². The topological polar surface area (TPSA) is 330 Å². The van der Waals surface area contributed by atoms with Crippen LogP contribution in [0.25, 0.3) is 10.4 Å². The number of β-lactam (4-membered cyclic amide) rings is 1. The second-order valence-electron chi connectivity index (χ2n) is 16.2. The molecule has 2 aromatic heterocycles. The highest BCUT2D eigenvalue weighted by atomic mass is 32.2. The Morgan fingerprint density at radius 1 is 0.861 bits per heavy atom. The zero-order valence-electron chi connectivity index (χ0n) is 38.7. The molecule has 2 aliphatic heterocycles. The lowest BCUT2D eigenvalue weighted by atomic mass is 9.77. The number of nitro benzene ring substituents is 3. The van der Waals surface area contributed by atoms with E-state index in [9.17, 15) is 54.6 Å². The Labute approximate surface area is 417 Å². The number of nitrogens with zero attached hydrogens (tertiary/aromatic N) is 7. The normalized spacial score (nSPS) is 16.4. The lowest BCUT2D eigenvalue weighted by Gasteiger charge is -2.46. The van der Waals surface area contributed by atoms with E-state index in [1.54, 1.807) is 0 Å². The molecule has 0 saturated carbocycles. The lowest BCUT2D eigenvalue weighted by molar-refractivity contribution is -0.508. The number of nitro groups is 3. The summed E-state index contributed by atoms with van der Waals surface area (Å²) in [4.78, 5) is 89.3. The number of thiazole rings is 1. The van der Waals surface area contributed by atoms with Crippen molar-refractivity contribution < 1.29 is 70.6 Å². The second kappa shape index (κ2) is 23.1. The van der Waals surface area contributed by atoms with E-state index in [0.29, 0.717) is 33.4 Å². The van der Waals surface area contributed by atoms with Gasteiger partial charge in [0.15, 0.2) is 0 Å². The van der Waals surface area contributed by atoms with Gasteiger partial charge in [0.25, 0.3) is 23.4 Å². The molecule has 25 nitrogen and oxygen atoms in total. The molecule has 1 fully saturated rings. The number of thioether (sulfide) groups is 1. The number of fused-ring (bicyclic) bond motifs is 2. The van der Waals surface area contributed by atoms with E-state index in [1.165, 1.54) is 113 Å². The van der Waals surface area contributed by atoms with Gasteiger partial charge in [0.05, 0.1) is 54.4 Å². The summed E-state index contributed by atoms with van der Waals surface area (Å²) in [6.45, 7) is 3.20. The second-order valence-corrected chi connectivity index (χ2v) is 19.5. The van der Waals surface area contributed by atoms with Crippen molar-refractivity contribution in [1.82, 2.24) is 19.7 Å². The standard InChI is InChI=1S/C43H42N8O14S2.CH4O3S/c1-25-34(37(48-36(25)35(26(2)52)38(48)53)41(54)63-21-27-4-10-30(11-5-27)49(57)58)33-20-47-24-46(39(66-3)40(47)67-33)19-18-45(43(56)65-23-29-8-14-32(15-9-29)51(61)62)17-16-44-42(55)64-22-28-6-12-31(13-7-28)50(59)60;1-5(2,3)4/h4-15,20,24-26,35-36,52H,16-19,21-23H2,1-3H3;1H3,(H,2,3,4)/t25-,26+,35+,36+;/m0./s1. The van der Waals surface area contributed by atoms with Gasteiger partial charge < -0.3 is 39.0 Å². The number of aliphatic hydroxyl groups excluding tert-OH is 1. The van der Waals surface area contributed by atoms with Gasteiger partial charge in [-0.2, -0.15) is 4.40 Å². The van der Waals surface area contributed by atoms with Crippen molar-refractivity contribution in [1.29, 1.82) is 0 Å². The van der Waals surface area contributed by atoms with Crippen molar-refractivity contribution in [3.05, 3.63) is 143 Å². The summed E-state index contributed by atoms with van der Waals surface area (Å²) in [6.07, 6.45) is 3.66. The summed E-state index contributed by atoms with van der Waals surface area (Å²) in [5.74, 6) is -2.26. The van der Waals surface area contributed by atoms with E-state index in [1.807, 2.05) is 34.7 Å². The number of benzene rings is 3. The number of carbonyl (C=O) groups excluding carboxylic acids is 4. The predicted octanol–water partition coefficient (Wildman–Crippen LogP) is 4.77. The number of imidazole rings is 1. The molecule has 1 saturated heterocycles. The van der Waals surface area contributed by atoms with E-state index in [-0.39, 0.29) is 74.7 Å². The van der Waals surface area contributed by atoms with Gasteiger partial charge in [0.2, 0.25) is 15.8 Å². The van der Waals surface area contributed by atoms with Crippen LogP contribution in [0, 0.1) is 42.2 Å². The number of esters is 1. The Kier molecular flexibility index (Phi) is 17.3. The van der Waals surface area contributed by atoms with Crippen molar-refractivity contribution in [2.75, 3.05) is 32.1 Å². The number of rotatable bonds is 19. The molecule has 5 aromatic rings. The molecule has 0 spiro atoms. The highest BCUT2D eigenvalue weighted by molar-refractivity contribution is 7.98. The van der Waals surface area contributed by atoms with Crippen LogP contribution in [0.5, 0.6) is 0 Å². The zero-order valence-corrected chi connectivity index (χ0v) is 41.1. The molecule has 3 amide bonds. The summed E-state index contributed by atoms with van der Waals surface area (Å²) in [5.41, 5.74) is 1.83. The molecule has 7 rings (SSSR count). The number of aliphatic hydroxyl groups is 1. The molecular formula is C44H46N8O17S3. The van der Waals surface area contributed by atoms with E-state index in [0.717, 1.165) is 9.86 Å². The SMILES string of the molecule is CS(=O)(=O)[O-].CSc1c2sc(C3=C(C(=O)OCc4ccc([N+](=O)[O-])cc4)N4C(=O)[C@H]([C@@H](C)O)[C@H]4[C@H]3C)c[n+]2cn1CCN(CCNC(=O)OCc1ccc([N+](=O)[O-])cc1)C(=O)OCc1ccc([N+](=O)[O-])cc1. The van der Waals surface area contributed by atoms with Gasteiger partial charge in [0, 0.05) is 67.2 Å². The molecule has 2 aliphatic rings. The molecule has 2 N–H and O–H groups in total. The Balaban J connectivity index is 0.00000161. The molecule has 72 heavy (non-hydrogen) atoms. The minimum absolute atomic E-state index is 0.00773. The predicted molar refractivity (Wildman–Crippen MR) is 254 cm³/mol. The third kappa shape index (κ3) is 13.1. The maximum Gasteiger partial charge on any atom is 0.410 e. The van der Waals surface area contributed by atoms with Crippen LogP contribution in [0.4, 0.5) is 26.7 Å². The van der Waals surface area contributed by atoms with Crippen LogP contribution in [-0.2, 0) is 60.3 Å². The fraction of sp³-hybridized carbons (Fsp3) is 0.341. The van der Waals surface area contributed by atoms with E-state index in [2.05, 4.69) is 5.32 Å². The van der Waals surface area contributed by atoms with Crippen LogP contribution in [0.2, 0.25) is 0 Å². The quantitative estimate of drug-likeness (QED) is 0.0164. The number of hydrogen-bond donors (Lipinski definition) is 2. The molecule has 3 aromatic carbocycles. The first-order valence-electron chi connectivity index (χ1n) is 21.5. The fourth-order valence-corrected chi connectivity index (χ4v) is 10.1. The third-order valence-electron chi connectivity index (χ3n) is 11.3. The lowest BCUT2D eigenvalue weighted by Crippen LogP contribution is -2.63. The Morgan fingerprint density at radius 2 is 1.35 bits per heavy atom. The first-order valence-corrected chi connectivity index (χ1v) is 25.4. The van der Waals surface area contributed by atoms with Gasteiger partial charge in [-0.3, -0.25) is 35.1 Å². The van der Waals surface area contributed by atoms with Crippen molar-refractivity contribution in [2.24, 2.45) is 11.8 Å². The molecule has 0 radical (unpaired) electrons. The molecule has 0 unspecified atom stereocenters. The van der Waals surface area contributed by atoms with Crippen LogP contribution < -0.4 is 9.72 Å². The van der Waals surface area contributed by atoms with Gasteiger partial charge in [-0.15, -0.1) is 0 Å². The van der Waals surface area contributed by atoms with Gasteiger partial charge in [0.1, 0.15) is 38.3 Å². The average Bonchev–Trinajstić information content (AvgIpc) is 3.96. The monoisotopic (exact) mass is 1050 g/mol. The maximum absolute atomic E-state index is 13.9. The number of ether oxygens (including phenoxy) is 3. The minimum atomic E-state index is -3.92. The summed E-state index contributed by atoms with van der Waals surface area (Å²) in [7, 11) is -3.92. The largest absolute Gasteiger partial charge is 0.748 e. The van der Waals surface area contributed by atoms with Gasteiger partial charge >= 0.3 is 18.2 Å². The maximum atomic E-state index is 13.9. The summed E-state index contributed by atoms with van der Waals surface area (Å²) in [6, 6.07) is 16.1. The van der Waals surface area contributed by atoms with Crippen LogP contribution >= 0.6 is 23.1 Å². The van der Waals surface area contributed by atoms with Crippen LogP contribution in [0.1, 0.15) is 35.4 Å². The third-order valence-corrected chi connectivity index (χ3v) is 13.4.